The van der Waals surface area contributed by atoms with Crippen molar-refractivity contribution in [2.24, 2.45) is 0 Å². The van der Waals surface area contributed by atoms with Crippen molar-refractivity contribution in [2.45, 2.75) is 25.4 Å². The average molecular weight is 278 g/mol. The van der Waals surface area contributed by atoms with Gasteiger partial charge in [-0.15, -0.1) is 0 Å². The third-order valence-corrected chi connectivity index (χ3v) is 3.32. The van der Waals surface area contributed by atoms with Crippen molar-refractivity contribution in [3.8, 4) is 5.75 Å². The fraction of sp³-hybridized carbons (Fsp3) is 0.533. The molecule has 1 aliphatic rings. The lowest BCUT2D eigenvalue weighted by Crippen LogP contribution is -2.33. The number of amides is 1. The predicted octanol–water partition coefficient (Wildman–Crippen LogP) is 1.79. The predicted molar refractivity (Wildman–Crippen MR) is 78.1 cm³/mol. The zero-order chi connectivity index (χ0) is 14.2. The Labute approximate surface area is 119 Å². The van der Waals surface area contributed by atoms with E-state index in [0.717, 1.165) is 37.4 Å². The van der Waals surface area contributed by atoms with Gasteiger partial charge in [-0.2, -0.15) is 0 Å². The second-order valence-electron chi connectivity index (χ2n) is 4.85. The maximum atomic E-state index is 11.8. The van der Waals surface area contributed by atoms with E-state index in [4.69, 9.17) is 9.47 Å². The Morgan fingerprint density at radius 1 is 1.40 bits per heavy atom. The molecule has 1 amide bonds. The van der Waals surface area contributed by atoms with Gasteiger partial charge in [0.2, 0.25) is 5.91 Å². The molecule has 0 saturated carbocycles. The van der Waals surface area contributed by atoms with Gasteiger partial charge in [0, 0.05) is 11.8 Å². The number of methoxy groups -OCH3 is 1. The van der Waals surface area contributed by atoms with Gasteiger partial charge in [-0.3, -0.25) is 4.79 Å². The molecule has 1 aliphatic heterocycles. The lowest BCUT2D eigenvalue weighted by atomic mass is 10.1. The average Bonchev–Trinajstić information content (AvgIpc) is 2.48. The number of rotatable bonds is 6. The van der Waals surface area contributed by atoms with Gasteiger partial charge in [0.25, 0.3) is 0 Å². The van der Waals surface area contributed by atoms with Crippen LogP contribution >= 0.6 is 0 Å². The first-order valence-corrected chi connectivity index (χ1v) is 7.04. The number of benzene rings is 1. The number of hydrogen-bond donors (Lipinski definition) is 2. The van der Waals surface area contributed by atoms with E-state index in [1.54, 1.807) is 13.2 Å². The lowest BCUT2D eigenvalue weighted by molar-refractivity contribution is -0.117. The largest absolute Gasteiger partial charge is 0.497 e. The minimum atomic E-state index is -0.0350. The molecule has 1 aromatic rings. The topological polar surface area (TPSA) is 59.6 Å². The second-order valence-corrected chi connectivity index (χ2v) is 4.85. The Kier molecular flexibility index (Phi) is 5.83. The minimum absolute atomic E-state index is 0.0350. The van der Waals surface area contributed by atoms with Gasteiger partial charge in [-0.1, -0.05) is 6.07 Å². The summed E-state index contributed by atoms with van der Waals surface area (Å²) in [4.78, 5) is 11.8. The van der Waals surface area contributed by atoms with Crippen LogP contribution in [-0.4, -0.2) is 38.8 Å². The molecule has 0 spiro atoms. The zero-order valence-electron chi connectivity index (χ0n) is 11.9. The van der Waals surface area contributed by atoms with Crippen LogP contribution in [0.25, 0.3) is 0 Å². The third-order valence-electron chi connectivity index (χ3n) is 3.32. The summed E-state index contributed by atoms with van der Waals surface area (Å²) < 4.78 is 10.8. The summed E-state index contributed by atoms with van der Waals surface area (Å²) in [5.41, 5.74) is 0.746. The second kappa shape index (κ2) is 7.87. The number of piperidine rings is 1. The summed E-state index contributed by atoms with van der Waals surface area (Å²) in [5.74, 6) is 0.695. The highest BCUT2D eigenvalue weighted by Crippen LogP contribution is 2.16. The molecule has 0 aromatic heterocycles. The SMILES string of the molecule is COc1cccc(NC(=O)CCOC2CCNCC2)c1. The van der Waals surface area contributed by atoms with Crippen molar-refractivity contribution in [1.29, 1.82) is 0 Å². The van der Waals surface area contributed by atoms with Crippen LogP contribution in [0, 0.1) is 0 Å². The number of carbonyl (C=O) groups is 1. The summed E-state index contributed by atoms with van der Waals surface area (Å²) in [6.45, 7) is 2.47. The molecule has 2 rings (SSSR count). The number of anilines is 1. The number of ether oxygens (including phenoxy) is 2. The number of nitrogens with one attached hydrogen (secondary N) is 2. The molecule has 1 fully saturated rings. The van der Waals surface area contributed by atoms with Crippen molar-refractivity contribution in [3.05, 3.63) is 24.3 Å². The normalized spacial score (nSPS) is 15.8. The Hall–Kier alpha value is -1.59. The standard InChI is InChI=1S/C15H22N2O3/c1-19-14-4-2-3-12(11-14)17-15(18)7-10-20-13-5-8-16-9-6-13/h2-4,11,13,16H,5-10H2,1H3,(H,17,18). The first-order valence-electron chi connectivity index (χ1n) is 7.04. The molecule has 5 nitrogen and oxygen atoms in total. The highest BCUT2D eigenvalue weighted by atomic mass is 16.5. The van der Waals surface area contributed by atoms with Gasteiger partial charge in [0.05, 0.1) is 26.2 Å². The monoisotopic (exact) mass is 278 g/mol. The zero-order valence-corrected chi connectivity index (χ0v) is 11.9. The van der Waals surface area contributed by atoms with Gasteiger partial charge in [-0.05, 0) is 38.1 Å². The van der Waals surface area contributed by atoms with Crippen LogP contribution in [-0.2, 0) is 9.53 Å². The van der Waals surface area contributed by atoms with Crippen LogP contribution in [0.5, 0.6) is 5.75 Å². The van der Waals surface area contributed by atoms with E-state index in [-0.39, 0.29) is 5.91 Å². The molecule has 0 atom stereocenters. The molecule has 1 heterocycles. The van der Waals surface area contributed by atoms with Crippen LogP contribution in [0.3, 0.4) is 0 Å². The van der Waals surface area contributed by atoms with Crippen LogP contribution in [0.2, 0.25) is 0 Å². The van der Waals surface area contributed by atoms with Gasteiger partial charge in [0.1, 0.15) is 5.75 Å². The quantitative estimate of drug-likeness (QED) is 0.833. The van der Waals surface area contributed by atoms with E-state index in [9.17, 15) is 4.79 Å². The van der Waals surface area contributed by atoms with E-state index in [1.165, 1.54) is 0 Å². The lowest BCUT2D eigenvalue weighted by Gasteiger charge is -2.22. The van der Waals surface area contributed by atoms with Crippen LogP contribution in [0.15, 0.2) is 24.3 Å². The fourth-order valence-corrected chi connectivity index (χ4v) is 2.20. The smallest absolute Gasteiger partial charge is 0.226 e. The van der Waals surface area contributed by atoms with Crippen molar-refractivity contribution >= 4 is 11.6 Å². The molecule has 0 unspecified atom stereocenters. The molecule has 0 radical (unpaired) electrons. The molecule has 20 heavy (non-hydrogen) atoms. The number of carbonyl (C=O) groups excluding carboxylic acids is 1. The Bertz CT molecular complexity index is 431. The van der Waals surface area contributed by atoms with Crippen molar-refractivity contribution in [1.82, 2.24) is 5.32 Å². The molecule has 0 bridgehead atoms. The van der Waals surface area contributed by atoms with Crippen molar-refractivity contribution < 1.29 is 14.3 Å². The molecular formula is C15H22N2O3. The summed E-state index contributed by atoms with van der Waals surface area (Å²) in [6.07, 6.45) is 2.72. The molecule has 110 valence electrons. The van der Waals surface area contributed by atoms with E-state index in [0.29, 0.717) is 19.1 Å². The summed E-state index contributed by atoms with van der Waals surface area (Å²) >= 11 is 0. The van der Waals surface area contributed by atoms with Gasteiger partial charge in [-0.25, -0.2) is 0 Å². The highest BCUT2D eigenvalue weighted by molar-refractivity contribution is 5.90. The molecule has 5 heteroatoms. The Balaban J connectivity index is 1.69. The van der Waals surface area contributed by atoms with Crippen LogP contribution in [0.1, 0.15) is 19.3 Å². The first kappa shape index (κ1) is 14.8. The first-order chi connectivity index (χ1) is 9.78. The maximum Gasteiger partial charge on any atom is 0.226 e. The summed E-state index contributed by atoms with van der Waals surface area (Å²) in [6, 6.07) is 7.33. The van der Waals surface area contributed by atoms with E-state index in [2.05, 4.69) is 10.6 Å². The highest BCUT2D eigenvalue weighted by Gasteiger charge is 2.13. The summed E-state index contributed by atoms with van der Waals surface area (Å²) in [5, 5.41) is 6.13. The van der Waals surface area contributed by atoms with Gasteiger partial charge >= 0.3 is 0 Å². The van der Waals surface area contributed by atoms with E-state index < -0.39 is 0 Å². The van der Waals surface area contributed by atoms with Crippen LogP contribution < -0.4 is 15.4 Å². The molecule has 0 aliphatic carbocycles. The number of hydrogen-bond acceptors (Lipinski definition) is 4. The van der Waals surface area contributed by atoms with Gasteiger partial charge in [0.15, 0.2) is 0 Å². The fourth-order valence-electron chi connectivity index (χ4n) is 2.20. The van der Waals surface area contributed by atoms with Crippen molar-refractivity contribution in [2.75, 3.05) is 32.1 Å². The minimum Gasteiger partial charge on any atom is -0.497 e. The maximum absolute atomic E-state index is 11.8. The van der Waals surface area contributed by atoms with Crippen LogP contribution in [0.4, 0.5) is 5.69 Å². The molecule has 1 saturated heterocycles. The Morgan fingerprint density at radius 3 is 2.95 bits per heavy atom. The van der Waals surface area contributed by atoms with E-state index >= 15 is 0 Å². The molecule has 2 N–H and O–H groups in total. The summed E-state index contributed by atoms with van der Waals surface area (Å²) in [7, 11) is 1.60. The van der Waals surface area contributed by atoms with E-state index in [1.807, 2.05) is 18.2 Å². The molecular weight excluding hydrogens is 256 g/mol. The van der Waals surface area contributed by atoms with Crippen molar-refractivity contribution in [3.63, 3.8) is 0 Å². The third kappa shape index (κ3) is 4.83. The Morgan fingerprint density at radius 2 is 2.20 bits per heavy atom. The van der Waals surface area contributed by atoms with Gasteiger partial charge < -0.3 is 20.1 Å². The molecule has 1 aromatic carbocycles.